The first-order valence-electron chi connectivity index (χ1n) is 7.78. The Morgan fingerprint density at radius 1 is 1.16 bits per heavy atom. The number of anilines is 1. The number of rotatable bonds is 6. The van der Waals surface area contributed by atoms with Gasteiger partial charge in [-0.3, -0.25) is 10.1 Å². The molecule has 0 bridgehead atoms. The molecule has 0 radical (unpaired) electrons. The first kappa shape index (κ1) is 25.2. The van der Waals surface area contributed by atoms with Gasteiger partial charge in [0.05, 0.1) is 16.0 Å². The number of sulfone groups is 1. The minimum Gasteiger partial charge on any atom is -0.310 e. The van der Waals surface area contributed by atoms with Crippen molar-refractivity contribution in [2.75, 3.05) is 11.6 Å². The van der Waals surface area contributed by atoms with Crippen LogP contribution in [0.2, 0.25) is 0 Å². The molecule has 2 aromatic heterocycles. The molecule has 3 rings (SSSR count). The molecule has 2 heterocycles. The van der Waals surface area contributed by atoms with Gasteiger partial charge in [0.25, 0.3) is 15.7 Å². The Balaban J connectivity index is 0.00000341. The van der Waals surface area contributed by atoms with Crippen LogP contribution in [-0.2, 0) is 19.9 Å². The van der Waals surface area contributed by atoms with Crippen LogP contribution < -0.4 is 5.32 Å². The van der Waals surface area contributed by atoms with Gasteiger partial charge in [0.2, 0.25) is 9.84 Å². The van der Waals surface area contributed by atoms with Gasteiger partial charge in [-0.2, -0.15) is 8.42 Å². The van der Waals surface area contributed by atoms with E-state index in [9.17, 15) is 26.9 Å². The molecule has 0 aliphatic heterocycles. The van der Waals surface area contributed by atoms with Crippen molar-refractivity contribution in [3.8, 4) is 0 Å². The number of non-ortho nitro benzene ring substituents is 1. The van der Waals surface area contributed by atoms with Crippen LogP contribution in [0.1, 0.15) is 0 Å². The molecule has 166 valence electrons. The molecule has 0 atom stereocenters. The van der Waals surface area contributed by atoms with E-state index in [4.69, 9.17) is 0 Å². The SMILES string of the molecule is CS/C(=N\S(=O)(=O)c1cccs1)Nc1ncc(S(=O)(=O)c2ccc([N+](=O)[O-])cc2)s1.Cl. The maximum Gasteiger partial charge on any atom is 0.294 e. The van der Waals surface area contributed by atoms with Crippen LogP contribution in [0.4, 0.5) is 10.8 Å². The number of thiophene rings is 1. The van der Waals surface area contributed by atoms with Gasteiger partial charge >= 0.3 is 0 Å². The maximum atomic E-state index is 12.7. The predicted molar refractivity (Wildman–Crippen MR) is 124 cm³/mol. The van der Waals surface area contributed by atoms with Crippen LogP contribution in [0.25, 0.3) is 0 Å². The summed E-state index contributed by atoms with van der Waals surface area (Å²) < 4.78 is 53.7. The van der Waals surface area contributed by atoms with Gasteiger partial charge in [0.1, 0.15) is 8.42 Å². The first-order valence-corrected chi connectivity index (χ1v) is 13.6. The van der Waals surface area contributed by atoms with E-state index in [1.165, 1.54) is 6.07 Å². The van der Waals surface area contributed by atoms with Crippen molar-refractivity contribution in [1.82, 2.24) is 4.98 Å². The number of benzene rings is 1. The second-order valence-electron chi connectivity index (χ2n) is 5.37. The third-order valence-electron chi connectivity index (χ3n) is 3.47. The van der Waals surface area contributed by atoms with Gasteiger partial charge in [-0.25, -0.2) is 13.4 Å². The Morgan fingerprint density at radius 2 is 1.84 bits per heavy atom. The Labute approximate surface area is 196 Å². The summed E-state index contributed by atoms with van der Waals surface area (Å²) in [7, 11) is -7.84. The van der Waals surface area contributed by atoms with Crippen molar-refractivity contribution in [3.63, 3.8) is 0 Å². The highest BCUT2D eigenvalue weighted by molar-refractivity contribution is 8.14. The first-order chi connectivity index (χ1) is 14.1. The lowest BCUT2D eigenvalue weighted by molar-refractivity contribution is -0.384. The smallest absolute Gasteiger partial charge is 0.294 e. The molecule has 1 aromatic carbocycles. The van der Waals surface area contributed by atoms with E-state index in [1.807, 2.05) is 0 Å². The molecular weight excluding hydrogens is 528 g/mol. The van der Waals surface area contributed by atoms with Crippen LogP contribution in [0.3, 0.4) is 0 Å². The van der Waals surface area contributed by atoms with Crippen LogP contribution in [0.5, 0.6) is 0 Å². The molecule has 0 fully saturated rings. The Hall–Kier alpha value is -2.04. The number of nitrogens with one attached hydrogen (secondary N) is 1. The Kier molecular flexibility index (Phi) is 8.18. The maximum absolute atomic E-state index is 12.7. The number of sulfonamides is 1. The predicted octanol–water partition coefficient (Wildman–Crippen LogP) is 3.89. The van der Waals surface area contributed by atoms with Crippen molar-refractivity contribution in [1.29, 1.82) is 0 Å². The molecule has 0 saturated carbocycles. The van der Waals surface area contributed by atoms with Crippen molar-refractivity contribution < 1.29 is 21.8 Å². The lowest BCUT2D eigenvalue weighted by Gasteiger charge is -2.04. The monoisotopic (exact) mass is 540 g/mol. The number of halogens is 1. The minimum atomic E-state index is -3.94. The summed E-state index contributed by atoms with van der Waals surface area (Å²) >= 11 is 2.84. The van der Waals surface area contributed by atoms with Crippen molar-refractivity contribution in [2.24, 2.45) is 4.40 Å². The van der Waals surface area contributed by atoms with Crippen molar-refractivity contribution >= 4 is 82.7 Å². The molecule has 16 heteroatoms. The average molecular weight is 541 g/mol. The highest BCUT2D eigenvalue weighted by Crippen LogP contribution is 2.30. The van der Waals surface area contributed by atoms with Crippen molar-refractivity contribution in [2.45, 2.75) is 13.3 Å². The Morgan fingerprint density at radius 3 is 2.39 bits per heavy atom. The zero-order chi connectivity index (χ0) is 21.9. The van der Waals surface area contributed by atoms with Gasteiger partial charge in [-0.1, -0.05) is 29.2 Å². The summed E-state index contributed by atoms with van der Waals surface area (Å²) in [5, 5.41) is 15.2. The van der Waals surface area contributed by atoms with Crippen LogP contribution in [0, 0.1) is 10.1 Å². The molecule has 31 heavy (non-hydrogen) atoms. The van der Waals surface area contributed by atoms with E-state index in [0.29, 0.717) is 0 Å². The fourth-order valence-electron chi connectivity index (χ4n) is 2.07. The Bertz CT molecular complexity index is 1300. The molecule has 0 aliphatic rings. The standard InChI is InChI=1S/C15H12N4O6S5.ClH/c1-26-15(18-30(24,25)12-3-2-8-27-12)17-14-16-9-13(28-14)29(22,23)11-6-4-10(5-7-11)19(20)21;/h2-9H,1H3,(H,16,17,18);1H. The molecule has 0 spiro atoms. The lowest BCUT2D eigenvalue weighted by Crippen LogP contribution is -2.10. The summed E-state index contributed by atoms with van der Waals surface area (Å²) in [5.74, 6) is 0. The van der Waals surface area contributed by atoms with Crippen LogP contribution >= 0.6 is 46.8 Å². The number of thiazole rings is 1. The second kappa shape index (κ2) is 10.1. The summed E-state index contributed by atoms with van der Waals surface area (Å²) in [6.45, 7) is 0. The molecule has 10 nitrogen and oxygen atoms in total. The second-order valence-corrected chi connectivity index (χ2v) is 12.2. The van der Waals surface area contributed by atoms with E-state index >= 15 is 0 Å². The van der Waals surface area contributed by atoms with Gasteiger partial charge in [0, 0.05) is 12.1 Å². The normalized spacial score (nSPS) is 12.2. The summed E-state index contributed by atoms with van der Waals surface area (Å²) in [6.07, 6.45) is 2.73. The third kappa shape index (κ3) is 5.81. The number of nitro benzene ring substituents is 1. The average Bonchev–Trinajstić information content (AvgIpc) is 3.40. The van der Waals surface area contributed by atoms with E-state index in [0.717, 1.165) is 64.9 Å². The molecule has 3 aromatic rings. The van der Waals surface area contributed by atoms with Gasteiger partial charge in [-0.05, 0) is 29.8 Å². The van der Waals surface area contributed by atoms with E-state index < -0.39 is 24.8 Å². The largest absolute Gasteiger partial charge is 0.310 e. The molecule has 0 saturated heterocycles. The number of amidine groups is 1. The number of hydrogen-bond acceptors (Lipinski definition) is 10. The van der Waals surface area contributed by atoms with Crippen LogP contribution in [-0.4, -0.2) is 38.2 Å². The highest BCUT2D eigenvalue weighted by Gasteiger charge is 2.23. The van der Waals surface area contributed by atoms with Gasteiger partial charge in [-0.15, -0.1) is 28.1 Å². The molecule has 1 N–H and O–H groups in total. The fourth-order valence-corrected chi connectivity index (χ4v) is 7.18. The molecule has 0 unspecified atom stereocenters. The third-order valence-corrected chi connectivity index (χ3v) is 9.96. The lowest BCUT2D eigenvalue weighted by atomic mass is 10.3. The topological polar surface area (TPSA) is 149 Å². The molecular formula is C15H13ClN4O6S5. The molecule has 0 amide bonds. The summed E-state index contributed by atoms with van der Waals surface area (Å²) in [4.78, 5) is 13.9. The number of nitro groups is 1. The minimum absolute atomic E-state index is 0. The highest BCUT2D eigenvalue weighted by atomic mass is 35.5. The molecule has 0 aliphatic carbocycles. The number of aromatic nitrogens is 1. The van der Waals surface area contributed by atoms with Gasteiger partial charge < -0.3 is 5.32 Å². The van der Waals surface area contributed by atoms with Crippen molar-refractivity contribution in [3.05, 3.63) is 58.1 Å². The zero-order valence-corrected chi connectivity index (χ0v) is 20.3. The fraction of sp³-hybridized carbons (Fsp3) is 0.0667. The quantitative estimate of drug-likeness (QED) is 0.212. The number of thioether (sulfide) groups is 1. The zero-order valence-electron chi connectivity index (χ0n) is 15.4. The summed E-state index contributed by atoms with van der Waals surface area (Å²) in [5.41, 5.74) is -0.228. The van der Waals surface area contributed by atoms with Crippen LogP contribution in [0.15, 0.2) is 65.7 Å². The van der Waals surface area contributed by atoms with E-state index in [1.54, 1.807) is 17.7 Å². The summed E-state index contributed by atoms with van der Waals surface area (Å²) in [6, 6.07) is 7.50. The van der Waals surface area contributed by atoms with E-state index in [2.05, 4.69) is 14.7 Å². The number of hydrogen-bond donors (Lipinski definition) is 1. The number of nitrogens with zero attached hydrogens (tertiary/aromatic N) is 3. The van der Waals surface area contributed by atoms with Gasteiger partial charge in [0.15, 0.2) is 10.3 Å². The van der Waals surface area contributed by atoms with E-state index in [-0.39, 0.29) is 41.7 Å².